The first kappa shape index (κ1) is 14.2. The van der Waals surface area contributed by atoms with Gasteiger partial charge in [0.2, 0.25) is 0 Å². The number of rotatable bonds is 7. The maximum absolute atomic E-state index is 11.1. The molecule has 88 valence electrons. The van der Waals surface area contributed by atoms with Crippen LogP contribution in [0.5, 0.6) is 0 Å². The van der Waals surface area contributed by atoms with Crippen LogP contribution in [0.3, 0.4) is 0 Å². The van der Waals surface area contributed by atoms with Gasteiger partial charge in [-0.15, -0.1) is 0 Å². The van der Waals surface area contributed by atoms with Crippen molar-refractivity contribution in [2.24, 2.45) is 11.8 Å². The maximum atomic E-state index is 11.1. The molecular formula is C13H24O2. The topological polar surface area (TPSA) is 26.3 Å². The van der Waals surface area contributed by atoms with Gasteiger partial charge in [-0.1, -0.05) is 40.2 Å². The van der Waals surface area contributed by atoms with Crippen LogP contribution in [-0.2, 0) is 9.53 Å². The molecule has 2 nitrogen and oxygen atoms in total. The van der Waals surface area contributed by atoms with E-state index in [9.17, 15) is 4.79 Å². The minimum atomic E-state index is -0.273. The number of ether oxygens (including phenoxy) is 1. The maximum Gasteiger partial charge on any atom is 0.333 e. The Kier molecular flexibility index (Phi) is 7.10. The van der Waals surface area contributed by atoms with Crippen LogP contribution in [0.25, 0.3) is 0 Å². The van der Waals surface area contributed by atoms with Crippen LogP contribution >= 0.6 is 0 Å². The number of hydrogen-bond acceptors (Lipinski definition) is 2. The van der Waals surface area contributed by atoms with E-state index in [0.717, 1.165) is 12.3 Å². The Bertz CT molecular complexity index is 209. The fourth-order valence-electron chi connectivity index (χ4n) is 1.20. The van der Waals surface area contributed by atoms with Gasteiger partial charge in [0.25, 0.3) is 0 Å². The van der Waals surface area contributed by atoms with Crippen molar-refractivity contribution in [2.45, 2.75) is 47.0 Å². The summed E-state index contributed by atoms with van der Waals surface area (Å²) in [5, 5.41) is 0. The van der Waals surface area contributed by atoms with Crippen LogP contribution in [0.2, 0.25) is 0 Å². The molecule has 0 fully saturated rings. The molecule has 15 heavy (non-hydrogen) atoms. The highest BCUT2D eigenvalue weighted by molar-refractivity contribution is 5.86. The van der Waals surface area contributed by atoms with Crippen molar-refractivity contribution >= 4 is 5.97 Å². The number of hydrogen-bond donors (Lipinski definition) is 0. The zero-order valence-electron chi connectivity index (χ0n) is 10.5. The van der Waals surface area contributed by atoms with Gasteiger partial charge in [0.15, 0.2) is 0 Å². The number of carbonyl (C=O) groups excluding carboxylic acids is 1. The Balaban J connectivity index is 3.61. The third kappa shape index (κ3) is 7.18. The average Bonchev–Trinajstić information content (AvgIpc) is 2.21. The van der Waals surface area contributed by atoms with Crippen LogP contribution in [-0.4, -0.2) is 12.6 Å². The molecule has 0 saturated heterocycles. The minimum absolute atomic E-state index is 0.273. The van der Waals surface area contributed by atoms with Crippen molar-refractivity contribution in [1.29, 1.82) is 0 Å². The summed E-state index contributed by atoms with van der Waals surface area (Å²) >= 11 is 0. The molecule has 0 aliphatic rings. The molecule has 0 aliphatic carbocycles. The molecule has 2 atom stereocenters. The standard InChI is InChI=1S/C13H24O2/c1-6-11(4)7-8-12(5)9-15-13(14)10(2)3/h11-12H,2,6-9H2,1,3-5H3. The molecule has 0 heterocycles. The molecule has 0 N–H and O–H groups in total. The van der Waals surface area contributed by atoms with Gasteiger partial charge < -0.3 is 4.74 Å². The molecule has 0 rings (SSSR count). The highest BCUT2D eigenvalue weighted by atomic mass is 16.5. The summed E-state index contributed by atoms with van der Waals surface area (Å²) in [5.74, 6) is 0.942. The van der Waals surface area contributed by atoms with Gasteiger partial charge in [-0.05, 0) is 25.2 Å². The Hall–Kier alpha value is -0.790. The lowest BCUT2D eigenvalue weighted by Crippen LogP contribution is -2.13. The molecule has 2 heteroatoms. The summed E-state index contributed by atoms with van der Waals surface area (Å²) < 4.78 is 5.09. The third-order valence-electron chi connectivity index (χ3n) is 2.70. The fraction of sp³-hybridized carbons (Fsp3) is 0.769. The Morgan fingerprint density at radius 3 is 2.27 bits per heavy atom. The van der Waals surface area contributed by atoms with Crippen molar-refractivity contribution < 1.29 is 9.53 Å². The van der Waals surface area contributed by atoms with E-state index in [1.54, 1.807) is 6.92 Å². The minimum Gasteiger partial charge on any atom is -0.462 e. The number of esters is 1. The monoisotopic (exact) mass is 212 g/mol. The van der Waals surface area contributed by atoms with E-state index in [1.165, 1.54) is 12.8 Å². The smallest absolute Gasteiger partial charge is 0.333 e. The van der Waals surface area contributed by atoms with E-state index >= 15 is 0 Å². The van der Waals surface area contributed by atoms with E-state index in [2.05, 4.69) is 27.4 Å². The molecule has 0 bridgehead atoms. The zero-order valence-corrected chi connectivity index (χ0v) is 10.5. The molecular weight excluding hydrogens is 188 g/mol. The highest BCUT2D eigenvalue weighted by Gasteiger charge is 2.09. The van der Waals surface area contributed by atoms with E-state index in [-0.39, 0.29) is 5.97 Å². The molecule has 0 aromatic heterocycles. The summed E-state index contributed by atoms with van der Waals surface area (Å²) in [4.78, 5) is 11.1. The second-order valence-corrected chi connectivity index (χ2v) is 4.57. The summed E-state index contributed by atoms with van der Waals surface area (Å²) in [5.41, 5.74) is 0.476. The molecule has 0 saturated carbocycles. The second-order valence-electron chi connectivity index (χ2n) is 4.57. The highest BCUT2D eigenvalue weighted by Crippen LogP contribution is 2.15. The van der Waals surface area contributed by atoms with Gasteiger partial charge >= 0.3 is 5.97 Å². The SMILES string of the molecule is C=C(C)C(=O)OCC(C)CCC(C)CC. The van der Waals surface area contributed by atoms with Gasteiger partial charge in [0, 0.05) is 5.57 Å². The fourth-order valence-corrected chi connectivity index (χ4v) is 1.20. The van der Waals surface area contributed by atoms with Crippen molar-refractivity contribution in [2.75, 3.05) is 6.61 Å². The van der Waals surface area contributed by atoms with Crippen LogP contribution in [0.15, 0.2) is 12.2 Å². The summed E-state index contributed by atoms with van der Waals surface area (Å²) in [6, 6.07) is 0. The van der Waals surface area contributed by atoms with E-state index in [0.29, 0.717) is 18.1 Å². The van der Waals surface area contributed by atoms with Gasteiger partial charge in [-0.3, -0.25) is 0 Å². The average molecular weight is 212 g/mol. The molecule has 0 radical (unpaired) electrons. The van der Waals surface area contributed by atoms with E-state index < -0.39 is 0 Å². The molecule has 0 amide bonds. The van der Waals surface area contributed by atoms with Crippen molar-refractivity contribution in [3.63, 3.8) is 0 Å². The van der Waals surface area contributed by atoms with E-state index in [1.807, 2.05) is 0 Å². The van der Waals surface area contributed by atoms with Crippen molar-refractivity contribution in [3.8, 4) is 0 Å². The van der Waals surface area contributed by atoms with Gasteiger partial charge in [0.05, 0.1) is 6.61 Å². The number of carbonyl (C=O) groups is 1. The second kappa shape index (κ2) is 7.49. The summed E-state index contributed by atoms with van der Waals surface area (Å²) in [6.07, 6.45) is 3.55. The lowest BCUT2D eigenvalue weighted by molar-refractivity contribution is -0.140. The largest absolute Gasteiger partial charge is 0.462 e. The van der Waals surface area contributed by atoms with Gasteiger partial charge in [-0.25, -0.2) is 4.79 Å². The predicted molar refractivity (Wildman–Crippen MR) is 63.6 cm³/mol. The van der Waals surface area contributed by atoms with Crippen molar-refractivity contribution in [3.05, 3.63) is 12.2 Å². The molecule has 0 spiro atoms. The predicted octanol–water partition coefficient (Wildman–Crippen LogP) is 3.57. The normalized spacial score (nSPS) is 14.4. The third-order valence-corrected chi connectivity index (χ3v) is 2.70. The quantitative estimate of drug-likeness (QED) is 0.476. The summed E-state index contributed by atoms with van der Waals surface area (Å²) in [7, 11) is 0. The Morgan fingerprint density at radius 2 is 1.80 bits per heavy atom. The van der Waals surface area contributed by atoms with Gasteiger partial charge in [0.1, 0.15) is 0 Å². The molecule has 0 aliphatic heterocycles. The zero-order chi connectivity index (χ0) is 11.8. The van der Waals surface area contributed by atoms with Gasteiger partial charge in [-0.2, -0.15) is 0 Å². The first-order valence-corrected chi connectivity index (χ1v) is 5.80. The van der Waals surface area contributed by atoms with Crippen LogP contribution in [0.1, 0.15) is 47.0 Å². The summed E-state index contributed by atoms with van der Waals surface area (Å²) in [6.45, 7) is 12.3. The van der Waals surface area contributed by atoms with Crippen molar-refractivity contribution in [1.82, 2.24) is 0 Å². The van der Waals surface area contributed by atoms with Crippen LogP contribution in [0, 0.1) is 11.8 Å². The Morgan fingerprint density at radius 1 is 1.27 bits per heavy atom. The molecule has 0 aromatic rings. The van der Waals surface area contributed by atoms with Crippen LogP contribution < -0.4 is 0 Å². The van der Waals surface area contributed by atoms with Crippen LogP contribution in [0.4, 0.5) is 0 Å². The first-order chi connectivity index (χ1) is 6.97. The lowest BCUT2D eigenvalue weighted by Gasteiger charge is -2.14. The molecule has 0 aromatic carbocycles. The van der Waals surface area contributed by atoms with E-state index in [4.69, 9.17) is 4.74 Å². The first-order valence-electron chi connectivity index (χ1n) is 5.80. The lowest BCUT2D eigenvalue weighted by atomic mass is 9.97. The Labute approximate surface area is 93.7 Å². The molecule has 2 unspecified atom stereocenters.